The highest BCUT2D eigenvalue weighted by Crippen LogP contribution is 2.42. The Morgan fingerprint density at radius 2 is 2.06 bits per heavy atom. The number of rotatable bonds is 6. The zero-order chi connectivity index (χ0) is 26.0. The lowest BCUT2D eigenvalue weighted by atomic mass is 9.94. The largest absolute Gasteiger partial charge is 0.368 e. The van der Waals surface area contributed by atoms with Crippen LogP contribution in [0.1, 0.15) is 43.0 Å². The maximum absolute atomic E-state index is 13.2. The summed E-state index contributed by atoms with van der Waals surface area (Å²) in [5.41, 5.74) is 10.0. The molecule has 4 rings (SSSR count). The fraction of sp³-hybridized carbons (Fsp3) is 0.308. The van der Waals surface area contributed by atoms with Crippen LogP contribution >= 0.6 is 34.5 Å². The van der Waals surface area contributed by atoms with Crippen LogP contribution in [0.5, 0.6) is 0 Å². The van der Waals surface area contributed by atoms with E-state index in [4.69, 9.17) is 33.9 Å². The van der Waals surface area contributed by atoms with Crippen LogP contribution in [0.4, 0.5) is 10.7 Å². The molecule has 1 fully saturated rings. The summed E-state index contributed by atoms with van der Waals surface area (Å²) < 4.78 is 0. The summed E-state index contributed by atoms with van der Waals surface area (Å²) in [5, 5.41) is 1.38. The third-order valence-corrected chi connectivity index (χ3v) is 8.05. The van der Waals surface area contributed by atoms with Crippen molar-refractivity contribution < 1.29 is 4.79 Å². The number of carbonyl (C=O) groups excluding carboxylic acids is 1. The van der Waals surface area contributed by atoms with Crippen molar-refractivity contribution in [1.29, 1.82) is 0 Å². The van der Waals surface area contributed by atoms with Gasteiger partial charge in [0, 0.05) is 52.4 Å². The van der Waals surface area contributed by atoms with Gasteiger partial charge >= 0.3 is 6.03 Å². The molecule has 2 aliphatic rings. The van der Waals surface area contributed by atoms with E-state index in [-0.39, 0.29) is 23.3 Å². The van der Waals surface area contributed by atoms with Crippen molar-refractivity contribution in [3.8, 4) is 11.4 Å². The summed E-state index contributed by atoms with van der Waals surface area (Å²) in [6, 6.07) is 1.72. The minimum atomic E-state index is -0.117. The number of thiazole rings is 1. The van der Waals surface area contributed by atoms with Gasteiger partial charge in [-0.1, -0.05) is 62.7 Å². The Balaban J connectivity index is 1.58. The van der Waals surface area contributed by atoms with E-state index < -0.39 is 0 Å². The highest BCUT2D eigenvalue weighted by Gasteiger charge is 2.34. The van der Waals surface area contributed by atoms with Gasteiger partial charge in [0.1, 0.15) is 5.69 Å². The van der Waals surface area contributed by atoms with Crippen LogP contribution in [0.3, 0.4) is 0 Å². The first-order valence-corrected chi connectivity index (χ1v) is 13.1. The predicted octanol–water partition coefficient (Wildman–Crippen LogP) is 6.53. The molecule has 7 nitrogen and oxygen atoms in total. The van der Waals surface area contributed by atoms with Gasteiger partial charge in [-0.3, -0.25) is 9.80 Å². The predicted molar refractivity (Wildman–Crippen MR) is 148 cm³/mol. The van der Waals surface area contributed by atoms with Crippen molar-refractivity contribution in [1.82, 2.24) is 24.8 Å². The summed E-state index contributed by atoms with van der Waals surface area (Å²) >= 11 is 13.2. The van der Waals surface area contributed by atoms with Gasteiger partial charge in [0.15, 0.2) is 0 Å². The highest BCUT2D eigenvalue weighted by molar-refractivity contribution is 7.12. The Hall–Kier alpha value is -2.94. The van der Waals surface area contributed by atoms with E-state index in [0.717, 1.165) is 21.3 Å². The Labute approximate surface area is 225 Å². The van der Waals surface area contributed by atoms with E-state index in [1.165, 1.54) is 5.54 Å². The number of nitrogens with two attached hydrogens (primary N) is 1. The lowest BCUT2D eigenvalue weighted by Crippen LogP contribution is -2.31. The second kappa shape index (κ2) is 10.6. The number of allylic oxidation sites excluding steroid dienone is 7. The number of anilines is 1. The topological polar surface area (TPSA) is 88.2 Å². The van der Waals surface area contributed by atoms with Crippen LogP contribution < -0.4 is 5.73 Å². The van der Waals surface area contributed by atoms with Gasteiger partial charge in [0.2, 0.25) is 5.95 Å². The third-order valence-electron chi connectivity index (χ3n) is 5.85. The number of hydrogen-bond donors (Lipinski definition) is 1. The number of amides is 2. The number of nitrogens with zero attached hydrogens (tertiary/aromatic N) is 5. The van der Waals surface area contributed by atoms with Crippen LogP contribution in [0.2, 0.25) is 0 Å². The van der Waals surface area contributed by atoms with Crippen LogP contribution in [-0.2, 0) is 5.41 Å². The molecule has 1 unspecified atom stereocenters. The van der Waals surface area contributed by atoms with Gasteiger partial charge in [-0.2, -0.15) is 0 Å². The van der Waals surface area contributed by atoms with Crippen LogP contribution in [0.25, 0.3) is 11.4 Å². The summed E-state index contributed by atoms with van der Waals surface area (Å²) in [6.07, 6.45) is 11.8. The van der Waals surface area contributed by atoms with E-state index in [2.05, 4.69) is 43.4 Å². The average Bonchev–Trinajstić information content (AvgIpc) is 3.47. The normalized spacial score (nSPS) is 18.9. The summed E-state index contributed by atoms with van der Waals surface area (Å²) in [4.78, 5) is 31.2. The standard InChI is InChI=1S/C26H28Cl2N6OS/c1-16(8-9-18(28)15-27)33-12-13-34(25(33)35)19-7-5-6-17(14-19)22-21(20-10-11-30-24(29)31-20)32-23(36-22)26(2,3)4/h5-11,15,17H,1,12-14H2,2-4H3,(H2,29,30,31)/b9-8-,18-15-. The van der Waals surface area contributed by atoms with Gasteiger partial charge in [-0.25, -0.2) is 19.7 Å². The second-order valence-electron chi connectivity index (χ2n) is 9.54. The Kier molecular flexibility index (Phi) is 7.68. The molecule has 3 heterocycles. The molecule has 1 aliphatic carbocycles. The molecule has 2 amide bonds. The fourth-order valence-electron chi connectivity index (χ4n) is 4.01. The lowest BCUT2D eigenvalue weighted by Gasteiger charge is -2.26. The molecule has 2 aromatic rings. The van der Waals surface area contributed by atoms with Gasteiger partial charge in [0.25, 0.3) is 0 Å². The molecule has 10 heteroatoms. The molecule has 2 aromatic heterocycles. The van der Waals surface area contributed by atoms with E-state index in [1.807, 2.05) is 23.1 Å². The minimum absolute atomic E-state index is 0.0439. The van der Waals surface area contributed by atoms with Gasteiger partial charge in [-0.05, 0) is 30.7 Å². The number of urea groups is 1. The van der Waals surface area contributed by atoms with Crippen LogP contribution in [0, 0.1) is 0 Å². The van der Waals surface area contributed by atoms with E-state index in [1.54, 1.807) is 34.6 Å². The first kappa shape index (κ1) is 26.1. The highest BCUT2D eigenvalue weighted by atomic mass is 35.5. The Morgan fingerprint density at radius 1 is 1.28 bits per heavy atom. The Morgan fingerprint density at radius 3 is 2.75 bits per heavy atom. The molecular weight excluding hydrogens is 515 g/mol. The smallest absolute Gasteiger partial charge is 0.328 e. The third kappa shape index (κ3) is 5.56. The summed E-state index contributed by atoms with van der Waals surface area (Å²) in [6.45, 7) is 11.6. The maximum Gasteiger partial charge on any atom is 0.328 e. The first-order chi connectivity index (χ1) is 17.1. The SMILES string of the molecule is C=C(/C=C\C(Cl)=C\Cl)N1CCN(C2=CC=CC(c3sc(C(C)(C)C)nc3-c3ccnc(N)n3)C2)C1=O. The molecule has 0 aromatic carbocycles. The van der Waals surface area contributed by atoms with Crippen molar-refractivity contribution in [2.24, 2.45) is 0 Å². The van der Waals surface area contributed by atoms with Gasteiger partial charge in [0.05, 0.1) is 15.7 Å². The van der Waals surface area contributed by atoms with Gasteiger partial charge < -0.3 is 5.73 Å². The van der Waals surface area contributed by atoms with Gasteiger partial charge in [-0.15, -0.1) is 11.3 Å². The molecule has 1 atom stereocenters. The Bertz CT molecular complexity index is 1300. The molecule has 36 heavy (non-hydrogen) atoms. The van der Waals surface area contributed by atoms with E-state index in [9.17, 15) is 4.79 Å². The zero-order valence-corrected chi connectivity index (χ0v) is 22.7. The molecule has 0 saturated carbocycles. The molecule has 1 saturated heterocycles. The summed E-state index contributed by atoms with van der Waals surface area (Å²) in [7, 11) is 0. The van der Waals surface area contributed by atoms with Crippen LogP contribution in [0.15, 0.2) is 71.2 Å². The minimum Gasteiger partial charge on any atom is -0.368 e. The number of halogens is 2. The molecule has 2 N–H and O–H groups in total. The maximum atomic E-state index is 13.2. The first-order valence-electron chi connectivity index (χ1n) is 11.5. The van der Waals surface area contributed by atoms with Crippen molar-refractivity contribution >= 4 is 46.5 Å². The van der Waals surface area contributed by atoms with E-state index in [0.29, 0.717) is 35.9 Å². The quantitative estimate of drug-likeness (QED) is 0.419. The molecule has 0 spiro atoms. The average molecular weight is 544 g/mol. The monoisotopic (exact) mass is 542 g/mol. The fourth-order valence-corrected chi connectivity index (χ4v) is 5.35. The number of nitrogen functional groups attached to an aromatic ring is 1. The van der Waals surface area contributed by atoms with Crippen molar-refractivity contribution in [2.75, 3.05) is 18.8 Å². The van der Waals surface area contributed by atoms with Crippen molar-refractivity contribution in [3.05, 3.63) is 81.1 Å². The molecule has 1 aliphatic heterocycles. The van der Waals surface area contributed by atoms with E-state index >= 15 is 0 Å². The zero-order valence-electron chi connectivity index (χ0n) is 20.4. The molecule has 188 valence electrons. The summed E-state index contributed by atoms with van der Waals surface area (Å²) in [5.74, 6) is 0.255. The number of hydrogen-bond acceptors (Lipinski definition) is 6. The number of aromatic nitrogens is 3. The molecule has 0 bridgehead atoms. The second-order valence-corrected chi connectivity index (χ2v) is 11.2. The molecular formula is C26H28Cl2N6OS. The number of carbonyl (C=O) groups is 1. The van der Waals surface area contributed by atoms with Crippen molar-refractivity contribution in [3.63, 3.8) is 0 Å². The van der Waals surface area contributed by atoms with Crippen molar-refractivity contribution in [2.45, 2.75) is 38.5 Å². The molecule has 0 radical (unpaired) electrons. The van der Waals surface area contributed by atoms with Crippen LogP contribution in [-0.4, -0.2) is 43.9 Å². The lowest BCUT2D eigenvalue weighted by molar-refractivity contribution is 0.208.